The molecule has 0 amide bonds. The van der Waals surface area contributed by atoms with Gasteiger partial charge >= 0.3 is 0 Å². The number of halogens is 2. The molecule has 1 aliphatic heterocycles. The van der Waals surface area contributed by atoms with Crippen molar-refractivity contribution in [3.05, 3.63) is 46.5 Å². The number of nitrogens with zero attached hydrogens (tertiary/aromatic N) is 3. The summed E-state index contributed by atoms with van der Waals surface area (Å²) in [6.45, 7) is -0.197. The van der Waals surface area contributed by atoms with Crippen molar-refractivity contribution < 1.29 is 12.8 Å². The van der Waals surface area contributed by atoms with Gasteiger partial charge in [0.1, 0.15) is 5.82 Å². The second-order valence-electron chi connectivity index (χ2n) is 7.07. The summed E-state index contributed by atoms with van der Waals surface area (Å²) in [4.78, 5) is 4.49. The number of hydrogen-bond acceptors (Lipinski definition) is 4. The fraction of sp³-hybridized carbons (Fsp3) is 0.529. The van der Waals surface area contributed by atoms with Gasteiger partial charge in [-0.05, 0) is 30.5 Å². The molecule has 1 N–H and O–H groups in total. The monoisotopic (exact) mass is 398 g/mol. The summed E-state index contributed by atoms with van der Waals surface area (Å²) in [5, 5.41) is 7.67. The van der Waals surface area contributed by atoms with Gasteiger partial charge in [0.15, 0.2) is 5.82 Å². The quantitative estimate of drug-likeness (QED) is 0.811. The summed E-state index contributed by atoms with van der Waals surface area (Å²) >= 11 is 5.85. The Balaban J connectivity index is 1.50. The zero-order valence-electron chi connectivity index (χ0n) is 14.1. The van der Waals surface area contributed by atoms with E-state index < -0.39 is 22.6 Å². The fourth-order valence-electron chi connectivity index (χ4n) is 3.39. The summed E-state index contributed by atoms with van der Waals surface area (Å²) < 4.78 is 40.5. The molecule has 1 saturated carbocycles. The second kappa shape index (κ2) is 6.90. The Morgan fingerprint density at radius 3 is 2.62 bits per heavy atom. The van der Waals surface area contributed by atoms with Gasteiger partial charge in [-0.2, -0.15) is 5.10 Å². The Labute approximate surface area is 156 Å². The van der Waals surface area contributed by atoms with E-state index in [0.717, 1.165) is 18.7 Å². The van der Waals surface area contributed by atoms with Gasteiger partial charge in [-0.3, -0.25) is 9.49 Å². The number of alkyl halides is 1. The lowest BCUT2D eigenvalue weighted by molar-refractivity contribution is 0.346. The van der Waals surface area contributed by atoms with Crippen molar-refractivity contribution in [1.82, 2.24) is 19.5 Å². The minimum absolute atomic E-state index is 0.125. The van der Waals surface area contributed by atoms with E-state index in [1.807, 2.05) is 0 Å². The first-order chi connectivity index (χ1) is 12.5. The summed E-state index contributed by atoms with van der Waals surface area (Å²) in [6, 6.07) is 6.71. The maximum absolute atomic E-state index is 13.5. The highest BCUT2D eigenvalue weighted by molar-refractivity contribution is 7.88. The molecule has 140 valence electrons. The summed E-state index contributed by atoms with van der Waals surface area (Å²) in [7, 11) is -3.55. The molecule has 0 spiro atoms. The molecule has 2 fully saturated rings. The molecule has 2 atom stereocenters. The predicted octanol–water partition coefficient (Wildman–Crippen LogP) is 2.85. The molecule has 0 radical (unpaired) electrons. The summed E-state index contributed by atoms with van der Waals surface area (Å²) in [6.07, 6.45) is 2.16. The van der Waals surface area contributed by atoms with Gasteiger partial charge in [-0.15, -0.1) is 0 Å². The molecule has 26 heavy (non-hydrogen) atoms. The molecule has 4 rings (SSSR count). The van der Waals surface area contributed by atoms with Gasteiger partial charge in [0.2, 0.25) is 10.0 Å². The van der Waals surface area contributed by atoms with Crippen LogP contribution in [0.3, 0.4) is 0 Å². The molecule has 1 aromatic heterocycles. The Hall–Kier alpha value is -1.51. The predicted molar refractivity (Wildman–Crippen MR) is 96.2 cm³/mol. The smallest absolute Gasteiger partial charge is 0.218 e. The highest BCUT2D eigenvalue weighted by Gasteiger charge is 2.41. The first-order valence-electron chi connectivity index (χ1n) is 8.66. The normalized spacial score (nSPS) is 24.2. The second-order valence-corrected chi connectivity index (χ2v) is 9.48. The Morgan fingerprint density at radius 1 is 1.23 bits per heavy atom. The Kier molecular flexibility index (Phi) is 4.75. The number of rotatable bonds is 6. The van der Waals surface area contributed by atoms with Crippen LogP contribution < -0.4 is 0 Å². The molecule has 1 saturated heterocycles. The van der Waals surface area contributed by atoms with Crippen LogP contribution >= 0.6 is 11.6 Å². The fourth-order valence-corrected chi connectivity index (χ4v) is 5.11. The van der Waals surface area contributed by atoms with Crippen LogP contribution in [0.5, 0.6) is 0 Å². The molecule has 6 nitrogen and oxygen atoms in total. The SMILES string of the molecule is O=S(=O)(Cc1ccc(Cl)cc1)N1C[C@@H](CF)[C@H](c2nc(C3CC3)n[nH]2)C1. The summed E-state index contributed by atoms with van der Waals surface area (Å²) in [5.74, 6) is 0.934. The van der Waals surface area contributed by atoms with Crippen LogP contribution in [0.4, 0.5) is 4.39 Å². The van der Waals surface area contributed by atoms with Crippen molar-refractivity contribution >= 4 is 21.6 Å². The van der Waals surface area contributed by atoms with E-state index in [4.69, 9.17) is 11.6 Å². The number of hydrogen-bond donors (Lipinski definition) is 1. The van der Waals surface area contributed by atoms with Crippen molar-refractivity contribution in [2.24, 2.45) is 5.92 Å². The first kappa shape index (κ1) is 17.9. The number of nitrogens with one attached hydrogen (secondary N) is 1. The van der Waals surface area contributed by atoms with Gasteiger partial charge < -0.3 is 0 Å². The number of sulfonamides is 1. The zero-order chi connectivity index (χ0) is 18.3. The number of benzene rings is 1. The standard InChI is InChI=1S/C17H20ClFN4O2S/c18-14-5-1-11(2-6-14)10-26(24,25)23-8-13(7-19)15(9-23)17-20-16(21-22-17)12-3-4-12/h1-2,5-6,12-13,15H,3-4,7-10H2,(H,20,21,22)/t13-,15-/m1/s1. The van der Waals surface area contributed by atoms with E-state index in [2.05, 4.69) is 15.2 Å². The Morgan fingerprint density at radius 2 is 1.96 bits per heavy atom. The van der Waals surface area contributed by atoms with Crippen LogP contribution in [-0.2, 0) is 15.8 Å². The lowest BCUT2D eigenvalue weighted by Gasteiger charge is -2.16. The van der Waals surface area contributed by atoms with Crippen LogP contribution in [0, 0.1) is 5.92 Å². The zero-order valence-corrected chi connectivity index (χ0v) is 15.7. The van der Waals surface area contributed by atoms with E-state index >= 15 is 0 Å². The van der Waals surface area contributed by atoms with Crippen LogP contribution in [0.15, 0.2) is 24.3 Å². The molecule has 0 bridgehead atoms. The lowest BCUT2D eigenvalue weighted by atomic mass is 9.97. The molecule has 9 heteroatoms. The number of H-pyrrole nitrogens is 1. The third-order valence-corrected chi connectivity index (χ3v) is 7.11. The van der Waals surface area contributed by atoms with Crippen molar-refractivity contribution in [1.29, 1.82) is 0 Å². The molecule has 2 aromatic rings. The van der Waals surface area contributed by atoms with Crippen LogP contribution in [-0.4, -0.2) is 47.7 Å². The minimum Gasteiger partial charge on any atom is -0.263 e. The molecular formula is C17H20ClFN4O2S. The van der Waals surface area contributed by atoms with Crippen LogP contribution in [0.25, 0.3) is 0 Å². The average molecular weight is 399 g/mol. The minimum atomic E-state index is -3.55. The molecule has 0 unspecified atom stereocenters. The molecule has 2 heterocycles. The average Bonchev–Trinajstić information content (AvgIpc) is 3.18. The van der Waals surface area contributed by atoms with E-state index in [9.17, 15) is 12.8 Å². The van der Waals surface area contributed by atoms with Crippen LogP contribution in [0.1, 0.15) is 41.9 Å². The number of aromatic nitrogens is 3. The maximum Gasteiger partial charge on any atom is 0.218 e. The number of aromatic amines is 1. The van der Waals surface area contributed by atoms with Gasteiger partial charge in [-0.1, -0.05) is 23.7 Å². The topological polar surface area (TPSA) is 79.0 Å². The summed E-state index contributed by atoms with van der Waals surface area (Å²) in [5.41, 5.74) is 0.658. The largest absolute Gasteiger partial charge is 0.263 e. The highest BCUT2D eigenvalue weighted by Crippen LogP contribution is 2.39. The maximum atomic E-state index is 13.5. The van der Waals surface area contributed by atoms with Gasteiger partial charge in [0, 0.05) is 35.9 Å². The Bertz CT molecular complexity index is 882. The van der Waals surface area contributed by atoms with Crippen molar-refractivity contribution in [2.45, 2.75) is 30.4 Å². The van der Waals surface area contributed by atoms with E-state index in [1.165, 1.54) is 4.31 Å². The van der Waals surface area contributed by atoms with Crippen LogP contribution in [0.2, 0.25) is 5.02 Å². The third kappa shape index (κ3) is 3.63. The van der Waals surface area contributed by atoms with Crippen molar-refractivity contribution in [3.63, 3.8) is 0 Å². The van der Waals surface area contributed by atoms with Gasteiger partial charge in [0.25, 0.3) is 0 Å². The molecule has 1 aromatic carbocycles. The molecule has 2 aliphatic rings. The lowest BCUT2D eigenvalue weighted by Crippen LogP contribution is -2.30. The first-order valence-corrected chi connectivity index (χ1v) is 10.7. The van der Waals surface area contributed by atoms with E-state index in [0.29, 0.717) is 22.3 Å². The molecular weight excluding hydrogens is 379 g/mol. The van der Waals surface area contributed by atoms with Crippen molar-refractivity contribution in [2.75, 3.05) is 19.8 Å². The molecule has 1 aliphatic carbocycles. The van der Waals surface area contributed by atoms with E-state index in [-0.39, 0.29) is 24.8 Å². The van der Waals surface area contributed by atoms with Gasteiger partial charge in [0.05, 0.1) is 12.4 Å². The van der Waals surface area contributed by atoms with Gasteiger partial charge in [-0.25, -0.2) is 17.7 Å². The third-order valence-electron chi connectivity index (χ3n) is 5.08. The highest BCUT2D eigenvalue weighted by atomic mass is 35.5. The van der Waals surface area contributed by atoms with Crippen molar-refractivity contribution in [3.8, 4) is 0 Å². The van der Waals surface area contributed by atoms with E-state index in [1.54, 1.807) is 24.3 Å².